The molecule has 18 heavy (non-hydrogen) atoms. The van der Waals surface area contributed by atoms with Crippen molar-refractivity contribution in [2.45, 2.75) is 0 Å². The van der Waals surface area contributed by atoms with E-state index in [0.717, 1.165) is 0 Å². The van der Waals surface area contributed by atoms with E-state index in [1.165, 1.54) is 0 Å². The van der Waals surface area contributed by atoms with Gasteiger partial charge in [-0.3, -0.25) is 19.7 Å². The Hall–Kier alpha value is -2.71. The maximum atomic E-state index is 13.3. The maximum Gasteiger partial charge on any atom is 0.335 e. The zero-order chi connectivity index (χ0) is 13.4. The number of nitro benzene ring substituents is 1. The summed E-state index contributed by atoms with van der Waals surface area (Å²) in [7, 11) is 0. The molecule has 1 N–H and O–H groups in total. The number of aromatic nitrogens is 2. The second-order valence-electron chi connectivity index (χ2n) is 3.25. The molecule has 9 heteroatoms. The van der Waals surface area contributed by atoms with Crippen LogP contribution in [0.2, 0.25) is 0 Å². The number of hydrogen-bond acceptors (Lipinski definition) is 5. The number of nitrogens with zero attached hydrogens (tertiary/aromatic N) is 2. The molecular formula is C9H3F2N3O4. The first-order valence-corrected chi connectivity index (χ1v) is 4.47. The molecule has 92 valence electrons. The fourth-order valence-electron chi connectivity index (χ4n) is 1.36. The molecule has 1 aromatic carbocycles. The minimum Gasteiger partial charge on any atom is -0.317 e. The Bertz CT molecular complexity index is 787. The summed E-state index contributed by atoms with van der Waals surface area (Å²) in [5.41, 5.74) is -4.51. The highest BCUT2D eigenvalue weighted by atomic mass is 19.2. The molecule has 0 unspecified atom stereocenters. The molecule has 0 fully saturated rings. The van der Waals surface area contributed by atoms with Crippen molar-refractivity contribution in [3.8, 4) is 0 Å². The van der Waals surface area contributed by atoms with Crippen molar-refractivity contribution in [1.82, 2.24) is 9.97 Å². The molecule has 2 aromatic rings. The lowest BCUT2D eigenvalue weighted by Gasteiger charge is -1.98. The van der Waals surface area contributed by atoms with E-state index in [-0.39, 0.29) is 0 Å². The summed E-state index contributed by atoms with van der Waals surface area (Å²) in [5, 5.41) is 10.6. The van der Waals surface area contributed by atoms with Crippen LogP contribution in [0.1, 0.15) is 0 Å². The Balaban J connectivity index is 3.13. The van der Waals surface area contributed by atoms with Crippen molar-refractivity contribution < 1.29 is 13.7 Å². The van der Waals surface area contributed by atoms with E-state index >= 15 is 0 Å². The van der Waals surface area contributed by atoms with Gasteiger partial charge < -0.3 is 4.98 Å². The number of H-pyrrole nitrogens is 1. The highest BCUT2D eigenvalue weighted by Crippen LogP contribution is 2.26. The molecule has 2 rings (SSSR count). The van der Waals surface area contributed by atoms with E-state index in [2.05, 4.69) is 4.98 Å². The van der Waals surface area contributed by atoms with E-state index in [1.807, 2.05) is 4.98 Å². The van der Waals surface area contributed by atoms with Gasteiger partial charge in [0.15, 0.2) is 11.3 Å². The lowest BCUT2D eigenvalue weighted by Crippen LogP contribution is -2.22. The Labute approximate surface area is 95.9 Å². The molecule has 0 saturated carbocycles. The van der Waals surface area contributed by atoms with Gasteiger partial charge in [-0.05, 0) is 0 Å². The number of fused-ring (bicyclic) bond motifs is 1. The maximum absolute atomic E-state index is 13.3. The number of nitro groups is 1. The number of nitrogens with one attached hydrogen (secondary N) is 1. The standard InChI is InChI=1S/C9H3F2N3O4/c10-3-1-4-7(8(6(3)11)14(17)18)12-2-5(15)9(16)13-4/h1-2H,(H,13,15,16). The quantitative estimate of drug-likeness (QED) is 0.453. The Morgan fingerprint density at radius 1 is 1.33 bits per heavy atom. The summed E-state index contributed by atoms with van der Waals surface area (Å²) < 4.78 is 26.4. The molecule has 0 spiro atoms. The van der Waals surface area contributed by atoms with Crippen LogP contribution in [0.15, 0.2) is 21.9 Å². The summed E-state index contributed by atoms with van der Waals surface area (Å²) in [6, 6.07) is 0.519. The average molecular weight is 255 g/mol. The molecule has 0 atom stereocenters. The third-order valence-electron chi connectivity index (χ3n) is 2.13. The molecule has 1 aromatic heterocycles. The lowest BCUT2D eigenvalue weighted by molar-refractivity contribution is -0.386. The Morgan fingerprint density at radius 2 is 2.00 bits per heavy atom. The van der Waals surface area contributed by atoms with E-state index < -0.39 is 44.3 Å². The predicted molar refractivity (Wildman–Crippen MR) is 55.2 cm³/mol. The average Bonchev–Trinajstić information content (AvgIpc) is 2.41. The van der Waals surface area contributed by atoms with Gasteiger partial charge in [0.2, 0.25) is 5.82 Å². The van der Waals surface area contributed by atoms with Crippen LogP contribution in [-0.4, -0.2) is 14.9 Å². The number of benzene rings is 1. The Morgan fingerprint density at radius 3 is 2.61 bits per heavy atom. The van der Waals surface area contributed by atoms with Crippen molar-refractivity contribution in [2.24, 2.45) is 0 Å². The molecular weight excluding hydrogens is 252 g/mol. The molecule has 0 aliphatic carbocycles. The second kappa shape index (κ2) is 3.95. The van der Waals surface area contributed by atoms with Gasteiger partial charge in [-0.25, -0.2) is 9.37 Å². The van der Waals surface area contributed by atoms with Gasteiger partial charge in [0.05, 0.1) is 16.6 Å². The van der Waals surface area contributed by atoms with E-state index in [4.69, 9.17) is 0 Å². The highest BCUT2D eigenvalue weighted by Gasteiger charge is 2.24. The summed E-state index contributed by atoms with van der Waals surface area (Å²) in [5.74, 6) is -3.23. The molecule has 0 bridgehead atoms. The van der Waals surface area contributed by atoms with Crippen LogP contribution < -0.4 is 11.0 Å². The first-order valence-electron chi connectivity index (χ1n) is 4.47. The van der Waals surface area contributed by atoms with Crippen LogP contribution in [0.25, 0.3) is 11.0 Å². The summed E-state index contributed by atoms with van der Waals surface area (Å²) in [6.07, 6.45) is 0.505. The number of hydrogen-bond donors (Lipinski definition) is 1. The third-order valence-corrected chi connectivity index (χ3v) is 2.13. The zero-order valence-corrected chi connectivity index (χ0v) is 8.44. The highest BCUT2D eigenvalue weighted by molar-refractivity contribution is 5.83. The van der Waals surface area contributed by atoms with Gasteiger partial charge in [-0.15, -0.1) is 0 Å². The minimum absolute atomic E-state index is 0.437. The fourth-order valence-corrected chi connectivity index (χ4v) is 1.36. The van der Waals surface area contributed by atoms with Gasteiger partial charge in [0.1, 0.15) is 0 Å². The molecule has 0 amide bonds. The van der Waals surface area contributed by atoms with Crippen molar-refractivity contribution in [3.05, 3.63) is 54.6 Å². The van der Waals surface area contributed by atoms with Crippen LogP contribution in [-0.2, 0) is 0 Å². The monoisotopic (exact) mass is 255 g/mol. The molecule has 0 radical (unpaired) electrons. The fraction of sp³-hybridized carbons (Fsp3) is 0. The van der Waals surface area contributed by atoms with E-state index in [9.17, 15) is 28.5 Å². The Kier molecular flexibility index (Phi) is 2.58. The minimum atomic E-state index is -1.71. The first-order chi connectivity index (χ1) is 8.41. The normalized spacial score (nSPS) is 10.6. The van der Waals surface area contributed by atoms with E-state index in [1.54, 1.807) is 0 Å². The molecule has 7 nitrogen and oxygen atoms in total. The van der Waals surface area contributed by atoms with Crippen LogP contribution in [0.4, 0.5) is 14.5 Å². The number of halogens is 2. The van der Waals surface area contributed by atoms with Crippen LogP contribution in [0, 0.1) is 21.7 Å². The number of aromatic amines is 1. The summed E-state index contributed by atoms with van der Waals surface area (Å²) in [6.45, 7) is 0. The third kappa shape index (κ3) is 1.71. The van der Waals surface area contributed by atoms with Gasteiger partial charge in [0, 0.05) is 6.07 Å². The van der Waals surface area contributed by atoms with Crippen molar-refractivity contribution >= 4 is 16.7 Å². The van der Waals surface area contributed by atoms with Crippen LogP contribution in [0.3, 0.4) is 0 Å². The first kappa shape index (κ1) is 11.8. The SMILES string of the molecule is O=c1cnc2c([N+](=O)[O-])c(F)c(F)cc2[nH]c1=O. The summed E-state index contributed by atoms with van der Waals surface area (Å²) in [4.78, 5) is 36.8. The van der Waals surface area contributed by atoms with Crippen LogP contribution >= 0.6 is 0 Å². The zero-order valence-electron chi connectivity index (χ0n) is 8.44. The second-order valence-corrected chi connectivity index (χ2v) is 3.25. The van der Waals surface area contributed by atoms with Crippen molar-refractivity contribution in [2.75, 3.05) is 0 Å². The van der Waals surface area contributed by atoms with Gasteiger partial charge in [-0.1, -0.05) is 0 Å². The molecule has 0 saturated heterocycles. The smallest absolute Gasteiger partial charge is 0.317 e. The predicted octanol–water partition coefficient (Wildman–Crippen LogP) is 0.470. The molecule has 0 aliphatic heterocycles. The van der Waals surface area contributed by atoms with Crippen molar-refractivity contribution in [3.63, 3.8) is 0 Å². The largest absolute Gasteiger partial charge is 0.335 e. The summed E-state index contributed by atoms with van der Waals surface area (Å²) >= 11 is 0. The topological polar surface area (TPSA) is 106 Å². The van der Waals surface area contributed by atoms with E-state index in [0.29, 0.717) is 12.3 Å². The van der Waals surface area contributed by atoms with Gasteiger partial charge in [-0.2, -0.15) is 4.39 Å². The number of rotatable bonds is 1. The lowest BCUT2D eigenvalue weighted by atomic mass is 10.2. The molecule has 0 aliphatic rings. The van der Waals surface area contributed by atoms with Gasteiger partial charge in [0.25, 0.3) is 11.0 Å². The molecule has 1 heterocycles. The van der Waals surface area contributed by atoms with Crippen LogP contribution in [0.5, 0.6) is 0 Å². The van der Waals surface area contributed by atoms with Crippen molar-refractivity contribution in [1.29, 1.82) is 0 Å². The van der Waals surface area contributed by atoms with Gasteiger partial charge >= 0.3 is 5.69 Å².